The lowest BCUT2D eigenvalue weighted by atomic mass is 10.1. The third-order valence-corrected chi connectivity index (χ3v) is 4.86. The average molecular weight is 369 g/mol. The second kappa shape index (κ2) is 8.70. The molecular weight excluding hydrogens is 342 g/mol. The summed E-state index contributed by atoms with van der Waals surface area (Å²) in [7, 11) is 3.94. The van der Waals surface area contributed by atoms with Crippen molar-refractivity contribution in [2.24, 2.45) is 0 Å². The predicted molar refractivity (Wildman–Crippen MR) is 107 cm³/mol. The van der Waals surface area contributed by atoms with Gasteiger partial charge in [-0.2, -0.15) is 0 Å². The van der Waals surface area contributed by atoms with Crippen molar-refractivity contribution >= 4 is 17.4 Å². The number of hydrogen-bond donors (Lipinski definition) is 1. The van der Waals surface area contributed by atoms with Crippen LogP contribution >= 0.6 is 0 Å². The van der Waals surface area contributed by atoms with Crippen LogP contribution in [0.1, 0.15) is 19.3 Å². The molecule has 0 aliphatic carbocycles. The van der Waals surface area contributed by atoms with Crippen LogP contribution in [0.4, 0.5) is 11.5 Å². The Labute approximate surface area is 159 Å². The number of aromatic nitrogens is 2. The summed E-state index contributed by atoms with van der Waals surface area (Å²) >= 11 is 0. The van der Waals surface area contributed by atoms with Crippen LogP contribution in [0.3, 0.4) is 0 Å². The van der Waals surface area contributed by atoms with Crippen molar-refractivity contribution in [3.8, 4) is 0 Å². The first kappa shape index (κ1) is 18.9. The molecule has 2 aromatic heterocycles. The van der Waals surface area contributed by atoms with Gasteiger partial charge in [-0.1, -0.05) is 6.07 Å². The van der Waals surface area contributed by atoms with Gasteiger partial charge in [0.05, 0.1) is 11.9 Å². The summed E-state index contributed by atoms with van der Waals surface area (Å²) in [4.78, 5) is 32.6. The first-order chi connectivity index (χ1) is 13.0. The Balaban J connectivity index is 1.54. The van der Waals surface area contributed by atoms with Crippen LogP contribution in [-0.4, -0.2) is 53.6 Å². The highest BCUT2D eigenvalue weighted by atomic mass is 16.2. The minimum atomic E-state index is -0.145. The van der Waals surface area contributed by atoms with Crippen molar-refractivity contribution in [3.05, 3.63) is 53.1 Å². The second-order valence-corrected chi connectivity index (χ2v) is 7.12. The van der Waals surface area contributed by atoms with E-state index in [2.05, 4.69) is 10.3 Å². The van der Waals surface area contributed by atoms with Gasteiger partial charge >= 0.3 is 0 Å². The van der Waals surface area contributed by atoms with Crippen LogP contribution in [0.5, 0.6) is 0 Å². The molecule has 1 aliphatic rings. The standard InChI is InChI=1S/C20H27N5O2/c1-23(2)18-9-8-17(14-21-18)22-16-6-5-12-24(13-10-16)20(27)15-25-11-4-3-7-19(25)26/h3-4,7-9,11,14,16,22H,5-6,10,12-13,15H2,1-2H3. The van der Waals surface area contributed by atoms with E-state index in [0.29, 0.717) is 12.6 Å². The summed E-state index contributed by atoms with van der Waals surface area (Å²) in [5, 5.41) is 3.53. The highest BCUT2D eigenvalue weighted by Crippen LogP contribution is 2.18. The molecule has 1 amide bonds. The molecule has 1 N–H and O–H groups in total. The lowest BCUT2D eigenvalue weighted by Gasteiger charge is -2.21. The molecular formula is C20H27N5O2. The minimum Gasteiger partial charge on any atom is -0.381 e. The van der Waals surface area contributed by atoms with Gasteiger partial charge in [0.25, 0.3) is 5.56 Å². The first-order valence-electron chi connectivity index (χ1n) is 9.36. The summed E-state index contributed by atoms with van der Waals surface area (Å²) in [6.07, 6.45) is 6.34. The number of nitrogens with zero attached hydrogens (tertiary/aromatic N) is 4. The molecule has 1 fully saturated rings. The lowest BCUT2D eigenvalue weighted by molar-refractivity contribution is -0.131. The molecule has 0 radical (unpaired) electrons. The highest BCUT2D eigenvalue weighted by Gasteiger charge is 2.21. The number of hydrogen-bond acceptors (Lipinski definition) is 5. The average Bonchev–Trinajstić information content (AvgIpc) is 2.90. The van der Waals surface area contributed by atoms with Gasteiger partial charge in [0.15, 0.2) is 0 Å². The molecule has 1 atom stereocenters. The van der Waals surface area contributed by atoms with Crippen LogP contribution in [0, 0.1) is 0 Å². The molecule has 7 heteroatoms. The fraction of sp³-hybridized carbons (Fsp3) is 0.450. The largest absolute Gasteiger partial charge is 0.381 e. The first-order valence-corrected chi connectivity index (χ1v) is 9.36. The maximum absolute atomic E-state index is 12.6. The maximum Gasteiger partial charge on any atom is 0.250 e. The van der Waals surface area contributed by atoms with Gasteiger partial charge in [-0.25, -0.2) is 4.98 Å². The number of nitrogens with one attached hydrogen (secondary N) is 1. The van der Waals surface area contributed by atoms with Crippen molar-refractivity contribution in [1.29, 1.82) is 0 Å². The molecule has 27 heavy (non-hydrogen) atoms. The molecule has 1 aliphatic heterocycles. The van der Waals surface area contributed by atoms with Crippen molar-refractivity contribution in [2.75, 3.05) is 37.4 Å². The fourth-order valence-corrected chi connectivity index (χ4v) is 3.30. The zero-order valence-corrected chi connectivity index (χ0v) is 16.0. The summed E-state index contributed by atoms with van der Waals surface area (Å²) in [6.45, 7) is 1.53. The van der Waals surface area contributed by atoms with Gasteiger partial charge in [-0.3, -0.25) is 9.59 Å². The predicted octanol–water partition coefficient (Wildman–Crippen LogP) is 1.80. The van der Waals surface area contributed by atoms with Crippen LogP contribution in [-0.2, 0) is 11.3 Å². The summed E-state index contributed by atoms with van der Waals surface area (Å²) < 4.78 is 1.46. The van der Waals surface area contributed by atoms with Gasteiger partial charge in [0.2, 0.25) is 5.91 Å². The minimum absolute atomic E-state index is 0.000882. The highest BCUT2D eigenvalue weighted by molar-refractivity contribution is 5.76. The number of rotatable bonds is 5. The number of amides is 1. The third-order valence-electron chi connectivity index (χ3n) is 4.86. The van der Waals surface area contributed by atoms with Gasteiger partial charge in [-0.05, 0) is 37.5 Å². The molecule has 0 bridgehead atoms. The molecule has 0 saturated carbocycles. The van der Waals surface area contributed by atoms with E-state index in [1.54, 1.807) is 18.3 Å². The zero-order chi connectivity index (χ0) is 19.2. The van der Waals surface area contributed by atoms with E-state index in [0.717, 1.165) is 37.3 Å². The van der Waals surface area contributed by atoms with Crippen molar-refractivity contribution in [2.45, 2.75) is 31.8 Å². The Hall–Kier alpha value is -2.83. The number of pyridine rings is 2. The van der Waals surface area contributed by atoms with Crippen LogP contribution in [0.25, 0.3) is 0 Å². The van der Waals surface area contributed by atoms with Crippen LogP contribution in [0.2, 0.25) is 0 Å². The summed E-state index contributed by atoms with van der Waals surface area (Å²) in [5.74, 6) is 0.926. The quantitative estimate of drug-likeness (QED) is 0.870. The third kappa shape index (κ3) is 5.09. The van der Waals surface area contributed by atoms with Gasteiger partial charge < -0.3 is 19.7 Å². The van der Waals surface area contributed by atoms with E-state index >= 15 is 0 Å². The van der Waals surface area contributed by atoms with Crippen molar-refractivity contribution in [3.63, 3.8) is 0 Å². The Morgan fingerprint density at radius 1 is 1.22 bits per heavy atom. The number of anilines is 2. The molecule has 0 spiro atoms. The Kier molecular flexibility index (Phi) is 6.11. The van der Waals surface area contributed by atoms with Crippen LogP contribution in [0.15, 0.2) is 47.5 Å². The second-order valence-electron chi connectivity index (χ2n) is 7.12. The normalized spacial score (nSPS) is 17.3. The van der Waals surface area contributed by atoms with Gasteiger partial charge in [-0.15, -0.1) is 0 Å². The molecule has 3 rings (SSSR count). The SMILES string of the molecule is CN(C)c1ccc(NC2CCCN(C(=O)Cn3ccccc3=O)CC2)cn1. The molecule has 3 heterocycles. The van der Waals surface area contributed by atoms with E-state index in [1.165, 1.54) is 10.6 Å². The van der Waals surface area contributed by atoms with Gasteiger partial charge in [0.1, 0.15) is 12.4 Å². The van der Waals surface area contributed by atoms with Crippen molar-refractivity contribution in [1.82, 2.24) is 14.5 Å². The summed E-state index contributed by atoms with van der Waals surface area (Å²) in [5.41, 5.74) is 0.857. The Morgan fingerprint density at radius 3 is 2.78 bits per heavy atom. The molecule has 1 saturated heterocycles. The Bertz CT molecular complexity index is 816. The Morgan fingerprint density at radius 2 is 2.07 bits per heavy atom. The monoisotopic (exact) mass is 369 g/mol. The van der Waals surface area contributed by atoms with Gasteiger partial charge in [0, 0.05) is 45.5 Å². The van der Waals surface area contributed by atoms with E-state index in [1.807, 2.05) is 42.2 Å². The smallest absolute Gasteiger partial charge is 0.250 e. The number of carbonyl (C=O) groups is 1. The topological polar surface area (TPSA) is 70.5 Å². The zero-order valence-electron chi connectivity index (χ0n) is 16.0. The molecule has 7 nitrogen and oxygen atoms in total. The summed E-state index contributed by atoms with van der Waals surface area (Å²) in [6, 6.07) is 9.28. The fourth-order valence-electron chi connectivity index (χ4n) is 3.30. The van der Waals surface area contributed by atoms with E-state index in [9.17, 15) is 9.59 Å². The molecule has 1 unspecified atom stereocenters. The van der Waals surface area contributed by atoms with E-state index in [-0.39, 0.29) is 18.0 Å². The molecule has 144 valence electrons. The van der Waals surface area contributed by atoms with E-state index in [4.69, 9.17) is 0 Å². The molecule has 0 aromatic carbocycles. The maximum atomic E-state index is 12.6. The molecule has 2 aromatic rings. The number of likely N-dealkylation sites (tertiary alicyclic amines) is 1. The van der Waals surface area contributed by atoms with Crippen LogP contribution < -0.4 is 15.8 Å². The number of carbonyl (C=O) groups excluding carboxylic acids is 1. The van der Waals surface area contributed by atoms with Crippen molar-refractivity contribution < 1.29 is 4.79 Å². The lowest BCUT2D eigenvalue weighted by Crippen LogP contribution is -2.37. The van der Waals surface area contributed by atoms with E-state index < -0.39 is 0 Å².